The average Bonchev–Trinajstić information content (AvgIpc) is 3.25. The van der Waals surface area contributed by atoms with Crippen molar-refractivity contribution in [3.8, 4) is 5.75 Å². The van der Waals surface area contributed by atoms with Gasteiger partial charge in [-0.2, -0.15) is 0 Å². The maximum atomic E-state index is 13.0. The zero-order valence-corrected chi connectivity index (χ0v) is 19.6. The number of amides is 1. The first kappa shape index (κ1) is 22.8. The smallest absolute Gasteiger partial charge is 0.223 e. The van der Waals surface area contributed by atoms with Crippen molar-refractivity contribution < 1.29 is 22.3 Å². The monoisotopic (exact) mass is 497 g/mol. The quantitative estimate of drug-likeness (QED) is 0.484. The lowest BCUT2D eigenvalue weighted by atomic mass is 10.3. The summed E-state index contributed by atoms with van der Waals surface area (Å²) in [5.74, 6) is -0.382. The molecule has 0 unspecified atom stereocenters. The van der Waals surface area contributed by atoms with E-state index in [4.69, 9.17) is 16.3 Å². The zero-order chi connectivity index (χ0) is 22.9. The molecule has 0 spiro atoms. The zero-order valence-electron chi connectivity index (χ0n) is 17.3. The second kappa shape index (κ2) is 9.21. The molecule has 3 aromatic rings. The van der Waals surface area contributed by atoms with Crippen molar-refractivity contribution in [2.24, 2.45) is 0 Å². The first-order chi connectivity index (χ1) is 15.3. The van der Waals surface area contributed by atoms with Crippen LogP contribution in [-0.4, -0.2) is 63.3 Å². The highest BCUT2D eigenvalue weighted by Crippen LogP contribution is 2.38. The van der Waals surface area contributed by atoms with Crippen LogP contribution in [0.4, 0.5) is 9.52 Å². The van der Waals surface area contributed by atoms with Crippen LogP contribution >= 0.6 is 22.9 Å². The third-order valence-electron chi connectivity index (χ3n) is 5.33. The van der Waals surface area contributed by atoms with E-state index in [0.717, 1.165) is 22.0 Å². The normalized spacial score (nSPS) is 14.7. The largest absolute Gasteiger partial charge is 0.494 e. The lowest BCUT2D eigenvalue weighted by molar-refractivity contribution is -0.131. The number of anilines is 1. The van der Waals surface area contributed by atoms with E-state index in [9.17, 15) is 17.6 Å². The van der Waals surface area contributed by atoms with Gasteiger partial charge in [0.1, 0.15) is 17.1 Å². The highest BCUT2D eigenvalue weighted by molar-refractivity contribution is 7.91. The molecule has 1 aromatic heterocycles. The van der Waals surface area contributed by atoms with Gasteiger partial charge in [0.25, 0.3) is 0 Å². The van der Waals surface area contributed by atoms with E-state index in [0.29, 0.717) is 42.5 Å². The summed E-state index contributed by atoms with van der Waals surface area (Å²) >= 11 is 7.78. The van der Waals surface area contributed by atoms with Crippen molar-refractivity contribution in [2.75, 3.05) is 43.9 Å². The summed E-state index contributed by atoms with van der Waals surface area (Å²) in [6.07, 6.45) is -0.117. The first-order valence-corrected chi connectivity index (χ1v) is 12.8. The number of ether oxygens (including phenoxy) is 1. The van der Waals surface area contributed by atoms with Gasteiger partial charge in [-0.25, -0.2) is 17.8 Å². The standard InChI is InChI=1S/C21H21ClFN3O4S2/c1-30-17-7-6-16(22)20-19(17)24-21(31-20)26-11-9-25(10-12-26)18(27)8-13-32(28,29)15-4-2-14(23)3-5-15/h2-7H,8-13H2,1H3. The molecule has 0 N–H and O–H groups in total. The van der Waals surface area contributed by atoms with Crippen LogP contribution < -0.4 is 9.64 Å². The van der Waals surface area contributed by atoms with Crippen molar-refractivity contribution in [3.05, 3.63) is 47.2 Å². The minimum absolute atomic E-state index is 0.0152. The summed E-state index contributed by atoms with van der Waals surface area (Å²) in [5.41, 5.74) is 0.713. The number of nitrogens with zero attached hydrogens (tertiary/aromatic N) is 3. The van der Waals surface area contributed by atoms with Gasteiger partial charge >= 0.3 is 0 Å². The molecular weight excluding hydrogens is 477 g/mol. The van der Waals surface area contributed by atoms with Crippen LogP contribution in [0.5, 0.6) is 5.75 Å². The van der Waals surface area contributed by atoms with Gasteiger partial charge in [0, 0.05) is 32.6 Å². The molecule has 0 aliphatic carbocycles. The number of carbonyl (C=O) groups is 1. The molecule has 0 atom stereocenters. The van der Waals surface area contributed by atoms with Crippen molar-refractivity contribution in [3.63, 3.8) is 0 Å². The number of fused-ring (bicyclic) bond motifs is 1. The number of hydrogen-bond acceptors (Lipinski definition) is 7. The van der Waals surface area contributed by atoms with E-state index >= 15 is 0 Å². The summed E-state index contributed by atoms with van der Waals surface area (Å²) in [6.45, 7) is 2.10. The molecule has 2 heterocycles. The lowest BCUT2D eigenvalue weighted by Gasteiger charge is -2.34. The highest BCUT2D eigenvalue weighted by Gasteiger charge is 2.25. The molecule has 32 heavy (non-hydrogen) atoms. The molecule has 1 aliphatic heterocycles. The molecule has 7 nitrogen and oxygen atoms in total. The molecule has 1 fully saturated rings. The number of piperazine rings is 1. The van der Waals surface area contributed by atoms with E-state index in [-0.39, 0.29) is 23.0 Å². The van der Waals surface area contributed by atoms with Crippen LogP contribution in [0.3, 0.4) is 0 Å². The maximum Gasteiger partial charge on any atom is 0.223 e. The molecule has 0 bridgehead atoms. The predicted molar refractivity (Wildman–Crippen MR) is 123 cm³/mol. The minimum atomic E-state index is -3.65. The Bertz CT molecular complexity index is 1240. The molecule has 170 valence electrons. The number of carbonyl (C=O) groups excluding carboxylic acids is 1. The summed E-state index contributed by atoms with van der Waals surface area (Å²) in [5, 5.41) is 1.41. The van der Waals surface area contributed by atoms with E-state index in [1.165, 1.54) is 23.5 Å². The van der Waals surface area contributed by atoms with E-state index in [2.05, 4.69) is 9.88 Å². The van der Waals surface area contributed by atoms with E-state index in [1.807, 2.05) is 0 Å². The summed E-state index contributed by atoms with van der Waals surface area (Å²) < 4.78 is 44.1. The number of aromatic nitrogens is 1. The predicted octanol–water partition coefficient (Wildman–Crippen LogP) is 3.61. The number of hydrogen-bond donors (Lipinski definition) is 0. The maximum absolute atomic E-state index is 13.0. The van der Waals surface area contributed by atoms with Crippen LogP contribution in [0, 0.1) is 5.82 Å². The van der Waals surface area contributed by atoms with Gasteiger partial charge in [0.05, 0.1) is 27.5 Å². The third-order valence-corrected chi connectivity index (χ3v) is 8.64. The van der Waals surface area contributed by atoms with Gasteiger partial charge in [0.15, 0.2) is 15.0 Å². The van der Waals surface area contributed by atoms with Gasteiger partial charge < -0.3 is 14.5 Å². The fourth-order valence-electron chi connectivity index (χ4n) is 3.53. The Morgan fingerprint density at radius 2 is 1.84 bits per heavy atom. The number of methoxy groups -OCH3 is 1. The van der Waals surface area contributed by atoms with Crippen LogP contribution in [0.2, 0.25) is 5.02 Å². The molecule has 1 amide bonds. The molecule has 0 saturated carbocycles. The lowest BCUT2D eigenvalue weighted by Crippen LogP contribution is -2.49. The highest BCUT2D eigenvalue weighted by atomic mass is 35.5. The number of halogens is 2. The summed E-state index contributed by atoms with van der Waals surface area (Å²) in [6, 6.07) is 8.18. The van der Waals surface area contributed by atoms with Crippen molar-refractivity contribution >= 4 is 54.0 Å². The third kappa shape index (κ3) is 4.67. The van der Waals surface area contributed by atoms with Crippen LogP contribution in [-0.2, 0) is 14.6 Å². The summed E-state index contributed by atoms with van der Waals surface area (Å²) in [7, 11) is -2.06. The molecule has 1 saturated heterocycles. The average molecular weight is 498 g/mol. The topological polar surface area (TPSA) is 79.8 Å². The summed E-state index contributed by atoms with van der Waals surface area (Å²) in [4.78, 5) is 21.0. The Morgan fingerprint density at radius 3 is 2.50 bits per heavy atom. The van der Waals surface area contributed by atoms with Crippen molar-refractivity contribution in [1.29, 1.82) is 0 Å². The van der Waals surface area contributed by atoms with Gasteiger partial charge in [0.2, 0.25) is 5.91 Å². The Morgan fingerprint density at radius 1 is 1.16 bits per heavy atom. The van der Waals surface area contributed by atoms with E-state index < -0.39 is 15.7 Å². The number of rotatable bonds is 6. The second-order valence-electron chi connectivity index (χ2n) is 7.31. The SMILES string of the molecule is COc1ccc(Cl)c2sc(N3CCN(C(=O)CCS(=O)(=O)c4ccc(F)cc4)CC3)nc12. The molecule has 1 aliphatic rings. The molecule has 4 rings (SSSR count). The molecular formula is C21H21ClFN3O4S2. The minimum Gasteiger partial charge on any atom is -0.494 e. The molecule has 11 heteroatoms. The van der Waals surface area contributed by atoms with Gasteiger partial charge in [-0.3, -0.25) is 4.79 Å². The van der Waals surface area contributed by atoms with Crippen LogP contribution in [0.25, 0.3) is 10.2 Å². The number of sulfone groups is 1. The van der Waals surface area contributed by atoms with Gasteiger partial charge in [-0.05, 0) is 36.4 Å². The molecule has 0 radical (unpaired) electrons. The molecule has 2 aromatic carbocycles. The fourth-order valence-corrected chi connectivity index (χ4v) is 6.07. The van der Waals surface area contributed by atoms with Crippen molar-refractivity contribution in [1.82, 2.24) is 9.88 Å². The van der Waals surface area contributed by atoms with Crippen LogP contribution in [0.15, 0.2) is 41.3 Å². The number of benzene rings is 2. The van der Waals surface area contributed by atoms with Gasteiger partial charge in [-0.15, -0.1) is 0 Å². The Kier molecular flexibility index (Phi) is 6.55. The van der Waals surface area contributed by atoms with E-state index in [1.54, 1.807) is 24.1 Å². The van der Waals surface area contributed by atoms with Gasteiger partial charge in [-0.1, -0.05) is 22.9 Å². The Balaban J connectivity index is 1.36. The first-order valence-electron chi connectivity index (χ1n) is 9.92. The van der Waals surface area contributed by atoms with Crippen LogP contribution in [0.1, 0.15) is 6.42 Å². The second-order valence-corrected chi connectivity index (χ2v) is 10.8. The van der Waals surface area contributed by atoms with Crippen molar-refractivity contribution in [2.45, 2.75) is 11.3 Å². The Labute approximate surface area is 194 Å². The number of thiazole rings is 1. The fraction of sp³-hybridized carbons (Fsp3) is 0.333. The Hall–Kier alpha value is -2.43.